The predicted octanol–water partition coefficient (Wildman–Crippen LogP) is 1.32. The molecule has 244 valence electrons. The van der Waals surface area contributed by atoms with Gasteiger partial charge in [0.25, 0.3) is 0 Å². The molecule has 1 saturated carbocycles. The van der Waals surface area contributed by atoms with E-state index in [1.807, 2.05) is 13.8 Å². The molecule has 0 radical (unpaired) electrons. The number of esters is 5. The number of fused-ring (bicyclic) bond motifs is 3. The van der Waals surface area contributed by atoms with Gasteiger partial charge in [-0.2, -0.15) is 0 Å². The van der Waals surface area contributed by atoms with Crippen molar-refractivity contribution >= 4 is 29.8 Å². The van der Waals surface area contributed by atoms with Crippen LogP contribution in [0.5, 0.6) is 0 Å². The van der Waals surface area contributed by atoms with Crippen LogP contribution in [0.3, 0.4) is 0 Å². The normalized spacial score (nSPS) is 39.4. The second-order valence-corrected chi connectivity index (χ2v) is 12.8. The molecular formula is C31H42O13. The van der Waals surface area contributed by atoms with E-state index in [0.29, 0.717) is 0 Å². The van der Waals surface area contributed by atoms with Crippen LogP contribution < -0.4 is 0 Å². The number of hydrogen-bond donors (Lipinski definition) is 2. The van der Waals surface area contributed by atoms with Crippen molar-refractivity contribution in [2.45, 2.75) is 103 Å². The van der Waals surface area contributed by atoms with Crippen molar-refractivity contribution in [1.82, 2.24) is 0 Å². The van der Waals surface area contributed by atoms with Crippen molar-refractivity contribution < 1.29 is 62.6 Å². The SMILES string of the molecule is CC(=O)OC1CC(OC(=O)CC(C)C)C2(C)C(OC(C)=O)C=CC(CO)=CC3OC(=O)C(C)C3(O)C(OC(C)=O)C2C12CO2. The highest BCUT2D eigenvalue weighted by molar-refractivity contribution is 5.78. The van der Waals surface area contributed by atoms with E-state index in [0.717, 1.165) is 6.92 Å². The molecule has 2 heterocycles. The predicted molar refractivity (Wildman–Crippen MR) is 149 cm³/mol. The number of carbonyl (C=O) groups excluding carboxylic acids is 5. The quantitative estimate of drug-likeness (QED) is 0.236. The first-order chi connectivity index (χ1) is 20.5. The number of carbonyl (C=O) groups is 5. The summed E-state index contributed by atoms with van der Waals surface area (Å²) >= 11 is 0. The number of ether oxygens (including phenoxy) is 6. The van der Waals surface area contributed by atoms with Gasteiger partial charge in [0.05, 0.1) is 24.5 Å². The Hall–Kier alpha value is -3.29. The van der Waals surface area contributed by atoms with Crippen LogP contribution in [0.25, 0.3) is 0 Å². The van der Waals surface area contributed by atoms with E-state index in [-0.39, 0.29) is 30.9 Å². The Bertz CT molecular complexity index is 1250. The average molecular weight is 623 g/mol. The Morgan fingerprint density at radius 2 is 1.64 bits per heavy atom. The van der Waals surface area contributed by atoms with Crippen LogP contribution in [0.4, 0.5) is 0 Å². The summed E-state index contributed by atoms with van der Waals surface area (Å²) in [5.41, 5.74) is -5.01. The van der Waals surface area contributed by atoms with E-state index in [4.69, 9.17) is 28.4 Å². The molecule has 2 aliphatic carbocycles. The van der Waals surface area contributed by atoms with Crippen LogP contribution >= 0.6 is 0 Å². The highest BCUT2D eigenvalue weighted by Gasteiger charge is 2.78. The zero-order valence-corrected chi connectivity index (χ0v) is 26.1. The van der Waals surface area contributed by atoms with Gasteiger partial charge in [-0.15, -0.1) is 0 Å². The summed E-state index contributed by atoms with van der Waals surface area (Å²) in [6.07, 6.45) is -2.17. The molecule has 4 aliphatic rings. The summed E-state index contributed by atoms with van der Waals surface area (Å²) in [6.45, 7) is 9.70. The van der Waals surface area contributed by atoms with E-state index >= 15 is 0 Å². The molecule has 3 fully saturated rings. The van der Waals surface area contributed by atoms with Crippen molar-refractivity contribution in [3.05, 3.63) is 23.8 Å². The van der Waals surface area contributed by atoms with Gasteiger partial charge >= 0.3 is 29.8 Å². The van der Waals surface area contributed by atoms with Crippen molar-refractivity contribution in [2.24, 2.45) is 23.2 Å². The Balaban J connectivity index is 2.07. The minimum Gasteiger partial charge on any atom is -0.461 e. The second-order valence-electron chi connectivity index (χ2n) is 12.8. The maximum absolute atomic E-state index is 13.2. The molecule has 4 rings (SSSR count). The van der Waals surface area contributed by atoms with Crippen LogP contribution in [0, 0.1) is 23.2 Å². The Morgan fingerprint density at radius 3 is 2.16 bits per heavy atom. The molecule has 2 aliphatic heterocycles. The average Bonchev–Trinajstić information content (AvgIpc) is 3.66. The first-order valence-corrected chi connectivity index (χ1v) is 14.8. The summed E-state index contributed by atoms with van der Waals surface area (Å²) in [5, 5.41) is 22.8. The molecular weight excluding hydrogens is 580 g/mol. The molecule has 2 N–H and O–H groups in total. The van der Waals surface area contributed by atoms with Gasteiger partial charge in [0, 0.05) is 39.5 Å². The Labute approximate surface area is 255 Å². The number of hydrogen-bond acceptors (Lipinski definition) is 13. The number of aliphatic hydroxyl groups is 2. The van der Waals surface area contributed by atoms with E-state index in [1.165, 1.54) is 39.0 Å². The lowest BCUT2D eigenvalue weighted by Crippen LogP contribution is -2.71. The van der Waals surface area contributed by atoms with Crippen LogP contribution in [-0.2, 0) is 52.4 Å². The zero-order valence-electron chi connectivity index (χ0n) is 26.1. The topological polar surface area (TPSA) is 184 Å². The van der Waals surface area contributed by atoms with Crippen LogP contribution in [0.15, 0.2) is 23.8 Å². The van der Waals surface area contributed by atoms with Gasteiger partial charge in [0.15, 0.2) is 11.7 Å². The molecule has 0 bridgehead atoms. The lowest BCUT2D eigenvalue weighted by atomic mass is 9.52. The molecule has 1 spiro atoms. The Morgan fingerprint density at radius 1 is 1.02 bits per heavy atom. The zero-order chi connectivity index (χ0) is 32.8. The molecule has 10 unspecified atom stereocenters. The standard InChI is InChI=1S/C31H42O13/c1-15(2)10-25(36)43-22-12-23(41-18(5)34)30(14-39-30)26-27(42-19(6)35)31(38)16(3)28(37)44-24(31)11-20(13-32)8-9-21(29(22,26)7)40-17(4)33/h8-9,11,15-16,21-24,26-27,32,38H,10,12-14H2,1-7H3. The highest BCUT2D eigenvalue weighted by Crippen LogP contribution is 2.62. The minimum atomic E-state index is -2.26. The fraction of sp³-hybridized carbons (Fsp3) is 0.710. The van der Waals surface area contributed by atoms with Gasteiger partial charge in [0.1, 0.15) is 30.0 Å². The van der Waals surface area contributed by atoms with Gasteiger partial charge in [-0.3, -0.25) is 24.0 Å². The van der Waals surface area contributed by atoms with Crippen LogP contribution in [0.2, 0.25) is 0 Å². The number of rotatable bonds is 7. The number of aliphatic hydroxyl groups excluding tert-OH is 1. The summed E-state index contributed by atoms with van der Waals surface area (Å²) in [5.74, 6) is -6.08. The third-order valence-electron chi connectivity index (χ3n) is 9.23. The summed E-state index contributed by atoms with van der Waals surface area (Å²) in [6, 6.07) is 0. The first kappa shape index (κ1) is 33.6. The van der Waals surface area contributed by atoms with Crippen molar-refractivity contribution in [2.75, 3.05) is 13.2 Å². The van der Waals surface area contributed by atoms with Gasteiger partial charge in [-0.1, -0.05) is 26.8 Å². The minimum absolute atomic E-state index is 0.0200. The summed E-state index contributed by atoms with van der Waals surface area (Å²) in [7, 11) is 0. The van der Waals surface area contributed by atoms with Gasteiger partial charge < -0.3 is 38.6 Å². The molecule has 2 saturated heterocycles. The maximum atomic E-state index is 13.2. The van der Waals surface area contributed by atoms with Crippen molar-refractivity contribution in [3.63, 3.8) is 0 Å². The molecule has 13 heteroatoms. The van der Waals surface area contributed by atoms with Crippen LogP contribution in [-0.4, -0.2) is 95.0 Å². The highest BCUT2D eigenvalue weighted by atomic mass is 16.6. The summed E-state index contributed by atoms with van der Waals surface area (Å²) in [4.78, 5) is 64.0. The largest absolute Gasteiger partial charge is 0.461 e. The monoisotopic (exact) mass is 622 g/mol. The van der Waals surface area contributed by atoms with E-state index in [2.05, 4.69) is 0 Å². The molecule has 0 aromatic rings. The van der Waals surface area contributed by atoms with Crippen molar-refractivity contribution in [1.29, 1.82) is 0 Å². The van der Waals surface area contributed by atoms with Crippen LogP contribution in [0.1, 0.15) is 61.3 Å². The third-order valence-corrected chi connectivity index (χ3v) is 9.23. The van der Waals surface area contributed by atoms with Gasteiger partial charge in [-0.05, 0) is 30.6 Å². The molecule has 10 atom stereocenters. The van der Waals surface area contributed by atoms with E-state index in [1.54, 1.807) is 6.92 Å². The second kappa shape index (κ2) is 12.2. The number of epoxide rings is 1. The Kier molecular flexibility index (Phi) is 9.35. The van der Waals surface area contributed by atoms with Crippen molar-refractivity contribution in [3.8, 4) is 0 Å². The maximum Gasteiger partial charge on any atom is 0.312 e. The lowest BCUT2D eigenvalue weighted by Gasteiger charge is -2.57. The van der Waals surface area contributed by atoms with E-state index in [9.17, 15) is 34.2 Å². The summed E-state index contributed by atoms with van der Waals surface area (Å²) < 4.78 is 35.2. The smallest absolute Gasteiger partial charge is 0.312 e. The molecule has 44 heavy (non-hydrogen) atoms. The molecule has 0 aromatic heterocycles. The van der Waals surface area contributed by atoms with E-state index < -0.39 is 95.4 Å². The van der Waals surface area contributed by atoms with Gasteiger partial charge in [0.2, 0.25) is 0 Å². The molecule has 0 aromatic carbocycles. The lowest BCUT2D eigenvalue weighted by molar-refractivity contribution is -0.252. The molecule has 13 nitrogen and oxygen atoms in total. The third kappa shape index (κ3) is 5.89. The molecule has 0 amide bonds. The first-order valence-electron chi connectivity index (χ1n) is 14.8. The van der Waals surface area contributed by atoms with Gasteiger partial charge in [-0.25, -0.2) is 0 Å². The fourth-order valence-corrected chi connectivity index (χ4v) is 7.09. The fourth-order valence-electron chi connectivity index (χ4n) is 7.09.